The number of para-hydroxylation sites is 1. The van der Waals surface area contributed by atoms with E-state index in [0.717, 1.165) is 28.3 Å². The van der Waals surface area contributed by atoms with Crippen molar-refractivity contribution in [2.75, 3.05) is 32.3 Å². The molecule has 1 heterocycles. The van der Waals surface area contributed by atoms with Crippen LogP contribution in [-0.4, -0.2) is 46.9 Å². The van der Waals surface area contributed by atoms with Crippen LogP contribution in [0.2, 0.25) is 0 Å². The molecule has 2 aromatic rings. The molecule has 7 nitrogen and oxygen atoms in total. The van der Waals surface area contributed by atoms with E-state index in [1.807, 2.05) is 70.0 Å². The van der Waals surface area contributed by atoms with Crippen LogP contribution in [0.15, 0.2) is 42.5 Å². The van der Waals surface area contributed by atoms with Crippen molar-refractivity contribution >= 4 is 25.2 Å². The Hall–Kier alpha value is -3.35. The number of hydrogen-bond donors (Lipinski definition) is 0. The molecule has 1 aliphatic heterocycles. The Labute approximate surface area is 171 Å². The number of anilines is 1. The van der Waals surface area contributed by atoms with Crippen molar-refractivity contribution in [2.24, 2.45) is 0 Å². The first-order valence-corrected chi connectivity index (χ1v) is 8.92. The van der Waals surface area contributed by atoms with Gasteiger partial charge in [0.05, 0.1) is 19.6 Å². The average Bonchev–Trinajstić information content (AvgIpc) is 2.79. The van der Waals surface area contributed by atoms with Gasteiger partial charge in [-0.05, 0) is 42.3 Å². The highest BCUT2D eigenvalue weighted by molar-refractivity contribution is 5.71. The largest absolute Gasteiger partial charge is 0.486 e. The van der Waals surface area contributed by atoms with Gasteiger partial charge in [-0.3, -0.25) is 4.79 Å². The van der Waals surface area contributed by atoms with Crippen LogP contribution in [0.3, 0.4) is 0 Å². The van der Waals surface area contributed by atoms with Crippen molar-refractivity contribution in [3.63, 3.8) is 0 Å². The van der Waals surface area contributed by atoms with Gasteiger partial charge >= 0.3 is 5.97 Å². The molecule has 0 N–H and O–H groups in total. The molecule has 3 rings (SSSR count). The van der Waals surface area contributed by atoms with Crippen LogP contribution in [0.4, 0.5) is 5.69 Å². The normalized spacial score (nSPS) is 12.2. The topological polar surface area (TPSA) is 82.1 Å². The number of carbonyl (C=O) groups excluding carboxylic acids is 3. The maximum atomic E-state index is 12.0. The van der Waals surface area contributed by atoms with Gasteiger partial charge in [-0.15, -0.1) is 0 Å². The van der Waals surface area contributed by atoms with E-state index >= 15 is 0 Å². The predicted octanol–water partition coefficient (Wildman–Crippen LogP) is 3.14. The van der Waals surface area contributed by atoms with Gasteiger partial charge in [0, 0.05) is 12.7 Å². The summed E-state index contributed by atoms with van der Waals surface area (Å²) in [5, 5.41) is 0. The molecule has 0 spiro atoms. The molecule has 0 radical (unpaired) electrons. The predicted molar refractivity (Wildman–Crippen MR) is 111 cm³/mol. The summed E-state index contributed by atoms with van der Waals surface area (Å²) in [7, 11) is 3.40. The van der Waals surface area contributed by atoms with Crippen molar-refractivity contribution in [1.29, 1.82) is 0 Å². The Morgan fingerprint density at radius 3 is 2.17 bits per heavy atom. The molecular weight excluding hydrogens is 374 g/mol. The van der Waals surface area contributed by atoms with Gasteiger partial charge < -0.3 is 28.7 Å². The summed E-state index contributed by atoms with van der Waals surface area (Å²) in [5.41, 5.74) is 3.12. The van der Waals surface area contributed by atoms with Crippen LogP contribution in [0.5, 0.6) is 11.5 Å². The number of esters is 1. The third kappa shape index (κ3) is 6.07. The van der Waals surface area contributed by atoms with E-state index in [4.69, 9.17) is 23.8 Å². The summed E-state index contributed by atoms with van der Waals surface area (Å²) >= 11 is 0. The average molecular weight is 401 g/mol. The number of aryl methyl sites for hydroxylation is 1. The van der Waals surface area contributed by atoms with E-state index in [2.05, 4.69) is 4.90 Å². The minimum absolute atomic E-state index is 0.161. The van der Waals surface area contributed by atoms with Crippen LogP contribution in [0.25, 0.3) is 0 Å². The molecule has 1 atom stereocenters. The lowest BCUT2D eigenvalue weighted by Crippen LogP contribution is -2.28. The summed E-state index contributed by atoms with van der Waals surface area (Å²) in [5.74, 6) is 1.23. The number of hydrogen-bond acceptors (Lipinski definition) is 7. The van der Waals surface area contributed by atoms with Gasteiger partial charge in [0.1, 0.15) is 26.8 Å². The molecule has 0 amide bonds. The van der Waals surface area contributed by atoms with E-state index in [0.29, 0.717) is 13.2 Å². The standard InChI is InChI=1S/C20H23NO4.2CH2O/c1-14-11-18-19(25-10-9-24-18)12-16(14)17(13-20(22)23-3)21(2)15-7-5-4-6-8-15;2*1-2/h4-8,11-12,17H,9-10,13H2,1-3H3;2*1H2. The maximum Gasteiger partial charge on any atom is 0.307 e. The van der Waals surface area contributed by atoms with Gasteiger partial charge in [-0.1, -0.05) is 18.2 Å². The van der Waals surface area contributed by atoms with Crippen molar-refractivity contribution in [3.8, 4) is 11.5 Å². The fourth-order valence-corrected chi connectivity index (χ4v) is 3.10. The van der Waals surface area contributed by atoms with E-state index in [1.54, 1.807) is 0 Å². The molecule has 29 heavy (non-hydrogen) atoms. The van der Waals surface area contributed by atoms with Crippen molar-refractivity contribution in [2.45, 2.75) is 19.4 Å². The number of carbonyl (C=O) groups is 3. The molecule has 7 heteroatoms. The van der Waals surface area contributed by atoms with Crippen molar-refractivity contribution in [3.05, 3.63) is 53.6 Å². The molecular formula is C22H27NO6. The fourth-order valence-electron chi connectivity index (χ4n) is 3.10. The Balaban J connectivity index is 0.000000989. The highest BCUT2D eigenvalue weighted by Gasteiger charge is 2.25. The molecule has 2 aromatic carbocycles. The van der Waals surface area contributed by atoms with Crippen LogP contribution < -0.4 is 14.4 Å². The smallest absolute Gasteiger partial charge is 0.307 e. The van der Waals surface area contributed by atoms with Gasteiger partial charge in [0.25, 0.3) is 0 Å². The summed E-state index contributed by atoms with van der Waals surface area (Å²) in [6.45, 7) is 7.11. The first-order chi connectivity index (χ1) is 14.1. The molecule has 0 saturated heterocycles. The van der Waals surface area contributed by atoms with Crippen LogP contribution in [0, 0.1) is 6.92 Å². The summed E-state index contributed by atoms with van der Waals surface area (Å²) in [6, 6.07) is 13.8. The van der Waals surface area contributed by atoms with Crippen LogP contribution >= 0.6 is 0 Å². The Morgan fingerprint density at radius 2 is 1.62 bits per heavy atom. The number of ether oxygens (including phenoxy) is 3. The third-order valence-electron chi connectivity index (χ3n) is 4.51. The van der Waals surface area contributed by atoms with Crippen molar-refractivity contribution in [1.82, 2.24) is 0 Å². The first kappa shape index (κ1) is 23.7. The van der Waals surface area contributed by atoms with E-state index in [-0.39, 0.29) is 18.4 Å². The second-order valence-electron chi connectivity index (χ2n) is 6.09. The highest BCUT2D eigenvalue weighted by atomic mass is 16.6. The maximum absolute atomic E-state index is 12.0. The van der Waals surface area contributed by atoms with Crippen LogP contribution in [0.1, 0.15) is 23.6 Å². The van der Waals surface area contributed by atoms with E-state index < -0.39 is 0 Å². The third-order valence-corrected chi connectivity index (χ3v) is 4.51. The SMILES string of the molecule is C=O.C=O.COC(=O)CC(c1cc2c(cc1C)OCCO2)N(C)c1ccccc1. The molecule has 1 unspecified atom stereocenters. The number of nitrogens with zero attached hydrogens (tertiary/aromatic N) is 1. The van der Waals surface area contributed by atoms with Crippen LogP contribution in [-0.2, 0) is 19.1 Å². The summed E-state index contributed by atoms with van der Waals surface area (Å²) in [6.07, 6.45) is 0.252. The molecule has 0 bridgehead atoms. The van der Waals surface area contributed by atoms with Gasteiger partial charge in [0.2, 0.25) is 0 Å². The molecule has 0 fully saturated rings. The molecule has 156 valence electrons. The number of benzene rings is 2. The number of fused-ring (bicyclic) bond motifs is 1. The van der Waals surface area contributed by atoms with Crippen molar-refractivity contribution < 1.29 is 28.6 Å². The molecule has 0 aliphatic carbocycles. The van der Waals surface area contributed by atoms with Gasteiger partial charge in [-0.2, -0.15) is 0 Å². The number of rotatable bonds is 5. The fraction of sp³-hybridized carbons (Fsp3) is 0.318. The Kier molecular flexibility index (Phi) is 9.95. The Bertz CT molecular complexity index is 778. The van der Waals surface area contributed by atoms with Gasteiger partial charge in [0.15, 0.2) is 11.5 Å². The minimum atomic E-state index is -0.248. The highest BCUT2D eigenvalue weighted by Crippen LogP contribution is 2.38. The lowest BCUT2D eigenvalue weighted by Gasteiger charge is -2.32. The summed E-state index contributed by atoms with van der Waals surface area (Å²) in [4.78, 5) is 30.1. The second-order valence-corrected chi connectivity index (χ2v) is 6.09. The minimum Gasteiger partial charge on any atom is -0.486 e. The van der Waals surface area contributed by atoms with Gasteiger partial charge in [-0.25, -0.2) is 0 Å². The molecule has 0 saturated carbocycles. The monoisotopic (exact) mass is 401 g/mol. The Morgan fingerprint density at radius 1 is 1.07 bits per heavy atom. The lowest BCUT2D eigenvalue weighted by atomic mass is 9.96. The summed E-state index contributed by atoms with van der Waals surface area (Å²) < 4.78 is 16.3. The van der Waals surface area contributed by atoms with E-state index in [9.17, 15) is 4.79 Å². The van der Waals surface area contributed by atoms with E-state index in [1.165, 1.54) is 7.11 Å². The second kappa shape index (κ2) is 12.2. The quantitative estimate of drug-likeness (QED) is 0.712. The molecule has 1 aliphatic rings. The zero-order valence-electron chi connectivity index (χ0n) is 17.1. The first-order valence-electron chi connectivity index (χ1n) is 8.92. The zero-order chi connectivity index (χ0) is 21.8. The number of methoxy groups -OCH3 is 1. The molecule has 0 aromatic heterocycles. The lowest BCUT2D eigenvalue weighted by molar-refractivity contribution is -0.141. The zero-order valence-corrected chi connectivity index (χ0v) is 17.1.